The number of hydrogen-bond donors (Lipinski definition) is 1. The third-order valence-corrected chi connectivity index (χ3v) is 6.68. The van der Waals surface area contributed by atoms with Gasteiger partial charge in [0.15, 0.2) is 11.5 Å². The molecule has 9 heteroatoms. The molecule has 2 aromatic carbocycles. The predicted molar refractivity (Wildman–Crippen MR) is 143 cm³/mol. The van der Waals surface area contributed by atoms with Crippen molar-refractivity contribution in [2.24, 2.45) is 0 Å². The number of thiocarbonyl (C=S) groups is 1. The number of carboxylic acid groups (broad SMARTS) is 1. The van der Waals surface area contributed by atoms with E-state index in [1.165, 1.54) is 0 Å². The fourth-order valence-corrected chi connectivity index (χ4v) is 4.77. The number of carbonyl (C=O) groups excluding carboxylic acids is 1. The van der Waals surface area contributed by atoms with E-state index in [-0.39, 0.29) is 4.32 Å². The molecule has 0 saturated carbocycles. The van der Waals surface area contributed by atoms with Crippen LogP contribution in [0, 0.1) is 3.57 Å². The summed E-state index contributed by atoms with van der Waals surface area (Å²) in [5.74, 6) is -0.343. The molecule has 0 aromatic heterocycles. The molecule has 0 spiro atoms. The van der Waals surface area contributed by atoms with Gasteiger partial charge >= 0.3 is 5.97 Å². The number of halogens is 1. The van der Waals surface area contributed by atoms with Gasteiger partial charge < -0.3 is 14.6 Å². The number of carboxylic acids is 1. The molecule has 0 radical (unpaired) electrons. The average molecular weight is 595 g/mol. The summed E-state index contributed by atoms with van der Waals surface area (Å²) in [5.41, 5.74) is 2.63. The van der Waals surface area contributed by atoms with Crippen molar-refractivity contribution in [2.45, 2.75) is 20.0 Å². The minimum absolute atomic E-state index is 0.225. The lowest BCUT2D eigenvalue weighted by Crippen LogP contribution is -2.33. The third-order valence-electron chi connectivity index (χ3n) is 4.58. The first-order chi connectivity index (χ1) is 15.8. The molecule has 1 heterocycles. The Hall–Kier alpha value is -2.37. The molecule has 1 amide bonds. The number of ether oxygens (including phenoxy) is 2. The van der Waals surface area contributed by atoms with E-state index in [0.717, 1.165) is 36.9 Å². The standard InChI is InChI=1S/C24H22INO5S2/c1-3-5-17-10-16(12-20-23(29)26(13-21(27)28)24(32)33-20)11-19(30-4-2)22(17)31-14-15-6-8-18(25)9-7-15/h3,6-12H,1,4-5,13-14H2,2H3,(H,27,28). The largest absolute Gasteiger partial charge is 0.490 e. The normalized spacial score (nSPS) is 14.6. The van der Waals surface area contributed by atoms with Crippen LogP contribution in [-0.2, 0) is 22.6 Å². The van der Waals surface area contributed by atoms with E-state index < -0.39 is 18.4 Å². The summed E-state index contributed by atoms with van der Waals surface area (Å²) >= 11 is 8.52. The Balaban J connectivity index is 1.93. The van der Waals surface area contributed by atoms with E-state index in [9.17, 15) is 9.59 Å². The minimum atomic E-state index is -1.12. The Morgan fingerprint density at radius 1 is 1.27 bits per heavy atom. The number of hydrogen-bond acceptors (Lipinski definition) is 6. The molecule has 0 atom stereocenters. The maximum atomic E-state index is 12.6. The first-order valence-electron chi connectivity index (χ1n) is 10.1. The van der Waals surface area contributed by atoms with Gasteiger partial charge in [-0.15, -0.1) is 6.58 Å². The molecule has 1 aliphatic rings. The van der Waals surface area contributed by atoms with E-state index >= 15 is 0 Å². The van der Waals surface area contributed by atoms with Gasteiger partial charge in [-0.2, -0.15) is 0 Å². The molecule has 0 aliphatic carbocycles. The smallest absolute Gasteiger partial charge is 0.323 e. The summed E-state index contributed by atoms with van der Waals surface area (Å²) in [6.45, 7) is 6.10. The van der Waals surface area contributed by atoms with Crippen LogP contribution in [0.2, 0.25) is 0 Å². The van der Waals surface area contributed by atoms with Crippen LogP contribution in [0.15, 0.2) is 54.0 Å². The molecular formula is C24H22INO5S2. The lowest BCUT2D eigenvalue weighted by Gasteiger charge is -2.17. The SMILES string of the molecule is C=CCc1cc(C=C2SC(=S)N(CC(=O)O)C2=O)cc(OCC)c1OCc1ccc(I)cc1. The minimum Gasteiger partial charge on any atom is -0.490 e. The summed E-state index contributed by atoms with van der Waals surface area (Å²) in [6.07, 6.45) is 4.02. The Bertz CT molecular complexity index is 1110. The van der Waals surface area contributed by atoms with Gasteiger partial charge in [-0.3, -0.25) is 14.5 Å². The monoisotopic (exact) mass is 595 g/mol. The molecule has 33 heavy (non-hydrogen) atoms. The molecular weight excluding hydrogens is 573 g/mol. The fourth-order valence-electron chi connectivity index (χ4n) is 3.16. The van der Waals surface area contributed by atoms with Crippen LogP contribution in [0.1, 0.15) is 23.6 Å². The highest BCUT2D eigenvalue weighted by atomic mass is 127. The maximum Gasteiger partial charge on any atom is 0.323 e. The van der Waals surface area contributed by atoms with E-state index in [4.69, 9.17) is 26.8 Å². The van der Waals surface area contributed by atoms with E-state index in [1.54, 1.807) is 12.2 Å². The van der Waals surface area contributed by atoms with Crippen LogP contribution in [0.5, 0.6) is 11.5 Å². The Morgan fingerprint density at radius 3 is 2.64 bits per heavy atom. The van der Waals surface area contributed by atoms with Crippen molar-refractivity contribution < 1.29 is 24.2 Å². The van der Waals surface area contributed by atoms with Gasteiger partial charge in [0.25, 0.3) is 5.91 Å². The number of rotatable bonds is 10. The molecule has 0 bridgehead atoms. The number of carbonyl (C=O) groups is 2. The number of aliphatic carboxylic acids is 1. The van der Waals surface area contributed by atoms with Crippen LogP contribution in [0.25, 0.3) is 6.08 Å². The van der Waals surface area contributed by atoms with Crippen molar-refractivity contribution in [3.8, 4) is 11.5 Å². The third kappa shape index (κ3) is 6.58. The van der Waals surface area contributed by atoms with E-state index in [2.05, 4.69) is 29.2 Å². The topological polar surface area (TPSA) is 76.1 Å². The lowest BCUT2D eigenvalue weighted by atomic mass is 10.0. The van der Waals surface area contributed by atoms with E-state index in [1.807, 2.05) is 43.3 Å². The average Bonchev–Trinajstić information content (AvgIpc) is 3.02. The molecule has 3 rings (SSSR count). The van der Waals surface area contributed by atoms with Crippen LogP contribution < -0.4 is 9.47 Å². The summed E-state index contributed by atoms with van der Waals surface area (Å²) in [4.78, 5) is 25.1. The summed E-state index contributed by atoms with van der Waals surface area (Å²) < 4.78 is 13.4. The molecule has 172 valence electrons. The Morgan fingerprint density at radius 2 is 2.00 bits per heavy atom. The number of allylic oxidation sites excluding steroid dienone is 1. The van der Waals surface area contributed by atoms with Crippen LogP contribution in [-0.4, -0.2) is 39.4 Å². The summed E-state index contributed by atoms with van der Waals surface area (Å²) in [7, 11) is 0. The zero-order chi connectivity index (χ0) is 24.0. The second kappa shape index (κ2) is 11.7. The van der Waals surface area contributed by atoms with Crippen molar-refractivity contribution in [3.05, 3.63) is 74.2 Å². The Kier molecular flexibility index (Phi) is 8.93. The van der Waals surface area contributed by atoms with Gasteiger partial charge in [-0.1, -0.05) is 42.2 Å². The second-order valence-corrected chi connectivity index (χ2v) is 9.93. The highest BCUT2D eigenvalue weighted by Crippen LogP contribution is 2.37. The van der Waals surface area contributed by atoms with Gasteiger partial charge in [0, 0.05) is 9.13 Å². The molecule has 2 aromatic rings. The number of amides is 1. The summed E-state index contributed by atoms with van der Waals surface area (Å²) in [5, 5.41) is 9.03. The van der Waals surface area contributed by atoms with Crippen molar-refractivity contribution in [3.63, 3.8) is 0 Å². The molecule has 1 fully saturated rings. The Labute approximate surface area is 215 Å². The number of thioether (sulfide) groups is 1. The molecule has 6 nitrogen and oxygen atoms in total. The van der Waals surface area contributed by atoms with Gasteiger partial charge in [0.2, 0.25) is 0 Å². The molecule has 1 N–H and O–H groups in total. The van der Waals surface area contributed by atoms with Crippen molar-refractivity contribution in [2.75, 3.05) is 13.2 Å². The first kappa shape index (κ1) is 25.3. The highest BCUT2D eigenvalue weighted by molar-refractivity contribution is 14.1. The van der Waals surface area contributed by atoms with Crippen molar-refractivity contribution >= 4 is 68.8 Å². The lowest BCUT2D eigenvalue weighted by molar-refractivity contribution is -0.140. The number of benzene rings is 2. The fraction of sp³-hybridized carbons (Fsp3) is 0.208. The van der Waals surface area contributed by atoms with Gasteiger partial charge in [-0.25, -0.2) is 0 Å². The quantitative estimate of drug-likeness (QED) is 0.173. The van der Waals surface area contributed by atoms with Gasteiger partial charge in [-0.05, 0) is 77.4 Å². The van der Waals surface area contributed by atoms with E-state index in [0.29, 0.717) is 36.0 Å². The van der Waals surface area contributed by atoms with Crippen molar-refractivity contribution in [1.29, 1.82) is 0 Å². The summed E-state index contributed by atoms with van der Waals surface area (Å²) in [6, 6.07) is 11.8. The molecule has 1 aliphatic heterocycles. The predicted octanol–water partition coefficient (Wildman–Crippen LogP) is 5.28. The van der Waals surface area contributed by atoms with Crippen LogP contribution in [0.4, 0.5) is 0 Å². The first-order valence-corrected chi connectivity index (χ1v) is 12.4. The zero-order valence-electron chi connectivity index (χ0n) is 17.9. The number of nitrogens with zero attached hydrogens (tertiary/aromatic N) is 1. The zero-order valence-corrected chi connectivity index (χ0v) is 21.7. The van der Waals surface area contributed by atoms with Crippen LogP contribution >= 0.6 is 46.6 Å². The van der Waals surface area contributed by atoms with Gasteiger partial charge in [0.1, 0.15) is 17.5 Å². The van der Waals surface area contributed by atoms with Gasteiger partial charge in [0.05, 0.1) is 11.5 Å². The highest BCUT2D eigenvalue weighted by Gasteiger charge is 2.33. The second-order valence-electron chi connectivity index (χ2n) is 7.01. The van der Waals surface area contributed by atoms with Crippen molar-refractivity contribution in [1.82, 2.24) is 4.90 Å². The van der Waals surface area contributed by atoms with Crippen LogP contribution in [0.3, 0.4) is 0 Å². The maximum absolute atomic E-state index is 12.6. The molecule has 1 saturated heterocycles. The molecule has 0 unspecified atom stereocenters.